The van der Waals surface area contributed by atoms with Gasteiger partial charge in [-0.1, -0.05) is 121 Å². The second kappa shape index (κ2) is 28.7. The molecule has 1 aromatic heterocycles. The van der Waals surface area contributed by atoms with E-state index in [9.17, 15) is 46.7 Å². The lowest BCUT2D eigenvalue weighted by Gasteiger charge is -2.28. The molecule has 5 amide bonds. The summed E-state index contributed by atoms with van der Waals surface area (Å²) in [7, 11) is 0. The van der Waals surface area contributed by atoms with Crippen LogP contribution in [-0.2, 0) is 47.9 Å². The number of benzene rings is 5. The minimum absolute atomic E-state index is 0.0153. The van der Waals surface area contributed by atoms with Gasteiger partial charge >= 0.3 is 12.3 Å². The molecule has 0 fully saturated rings. The summed E-state index contributed by atoms with van der Waals surface area (Å²) in [6.07, 6.45) is -5.36. The van der Waals surface area contributed by atoms with Crippen LogP contribution in [0.1, 0.15) is 64.6 Å². The molecule has 78 heavy (non-hydrogen) atoms. The predicted octanol–water partition coefficient (Wildman–Crippen LogP) is 6.68. The third-order valence-corrected chi connectivity index (χ3v) is 11.9. The molecule has 0 aliphatic rings. The number of carbonyl (C=O) groups is 7. The number of aromatic nitrogens is 1. The Bertz CT molecular complexity index is 2900. The maximum absolute atomic E-state index is 14.8. The van der Waals surface area contributed by atoms with Crippen LogP contribution in [-0.4, -0.2) is 121 Å². The van der Waals surface area contributed by atoms with Gasteiger partial charge in [0.2, 0.25) is 23.6 Å². The average Bonchev–Trinajstić information content (AvgIpc) is 3.41. The lowest BCUT2D eigenvalue weighted by atomic mass is 10.0. The number of nitrogens with zero attached hydrogens (tertiary/aromatic N) is 2. The number of pyridine rings is 1. The number of alkyl carbamates (subject to hydrolysis) is 1. The Morgan fingerprint density at radius 3 is 1.72 bits per heavy atom. The maximum Gasteiger partial charge on any atom is 0.416 e. The molecular formula is C58H63F3N8O9. The third-order valence-electron chi connectivity index (χ3n) is 11.9. The maximum atomic E-state index is 14.8. The van der Waals surface area contributed by atoms with Crippen molar-refractivity contribution in [2.75, 3.05) is 51.2 Å². The van der Waals surface area contributed by atoms with E-state index >= 15 is 0 Å². The normalized spacial score (nSPS) is 12.6. The minimum Gasteiger partial charge on any atom is -0.444 e. The summed E-state index contributed by atoms with van der Waals surface area (Å²) in [5, 5.41) is 17.2. The van der Waals surface area contributed by atoms with Crippen LogP contribution in [0.5, 0.6) is 0 Å². The topological polar surface area (TPSA) is 226 Å². The number of carbonyl (C=O) groups excluding carboxylic acids is 7. The van der Waals surface area contributed by atoms with Crippen molar-refractivity contribution in [3.63, 3.8) is 0 Å². The Morgan fingerprint density at radius 2 is 1.14 bits per heavy atom. The molecule has 0 bridgehead atoms. The lowest BCUT2D eigenvalue weighted by Crippen LogP contribution is -2.58. The summed E-state index contributed by atoms with van der Waals surface area (Å²) in [4.78, 5) is 103. The van der Waals surface area contributed by atoms with Gasteiger partial charge in [0.25, 0.3) is 0 Å². The summed E-state index contributed by atoms with van der Waals surface area (Å²) < 4.78 is 52.2. The number of para-hydroxylation sites is 1. The highest BCUT2D eigenvalue weighted by Crippen LogP contribution is 2.29. The molecule has 0 radical (unpaired) electrons. The van der Waals surface area contributed by atoms with Crippen LogP contribution in [0, 0.1) is 0 Å². The van der Waals surface area contributed by atoms with Gasteiger partial charge in [0.05, 0.1) is 55.7 Å². The molecule has 6 rings (SSSR count). The number of hydrogen-bond donors (Lipinski definition) is 6. The fourth-order valence-electron chi connectivity index (χ4n) is 7.85. The molecule has 17 nitrogen and oxygen atoms in total. The largest absolute Gasteiger partial charge is 0.444 e. The van der Waals surface area contributed by atoms with Crippen molar-refractivity contribution in [2.45, 2.75) is 70.1 Å². The van der Waals surface area contributed by atoms with Gasteiger partial charge in [-0.05, 0) is 56.2 Å². The molecule has 0 spiro atoms. The smallest absolute Gasteiger partial charge is 0.416 e. The van der Waals surface area contributed by atoms with Crippen molar-refractivity contribution in [3.8, 4) is 0 Å². The Hall–Kier alpha value is -8.33. The highest BCUT2D eigenvalue weighted by molar-refractivity contribution is 6.01. The first-order chi connectivity index (χ1) is 37.3. The van der Waals surface area contributed by atoms with Crippen LogP contribution in [0.4, 0.5) is 23.7 Å². The number of Topliss-reactive ketones (excluding diaryl/α,β-unsaturated/α-hetero) is 2. The molecule has 6 aromatic rings. The summed E-state index contributed by atoms with van der Waals surface area (Å²) >= 11 is 0. The van der Waals surface area contributed by atoms with Crippen LogP contribution in [0.25, 0.3) is 10.9 Å². The van der Waals surface area contributed by atoms with Crippen LogP contribution in [0.15, 0.2) is 152 Å². The van der Waals surface area contributed by atoms with E-state index in [-0.39, 0.29) is 75.1 Å². The Balaban J connectivity index is 1.29. The van der Waals surface area contributed by atoms with Gasteiger partial charge < -0.3 is 46.3 Å². The summed E-state index contributed by atoms with van der Waals surface area (Å²) in [6, 6.07) is 34.0. The van der Waals surface area contributed by atoms with Crippen LogP contribution < -0.4 is 31.9 Å². The molecular weight excluding hydrogens is 1010 g/mol. The van der Waals surface area contributed by atoms with E-state index in [1.807, 2.05) is 6.07 Å². The molecule has 5 aromatic carbocycles. The van der Waals surface area contributed by atoms with Crippen molar-refractivity contribution in [2.24, 2.45) is 0 Å². The number of hydrogen-bond acceptors (Lipinski definition) is 12. The molecule has 3 atom stereocenters. The van der Waals surface area contributed by atoms with Crippen molar-refractivity contribution >= 4 is 57.9 Å². The molecule has 410 valence electrons. The monoisotopic (exact) mass is 1070 g/mol. The number of fused-ring (bicyclic) bond motifs is 1. The van der Waals surface area contributed by atoms with Crippen molar-refractivity contribution in [1.82, 2.24) is 36.5 Å². The van der Waals surface area contributed by atoms with Gasteiger partial charge in [0.1, 0.15) is 23.7 Å². The zero-order chi connectivity index (χ0) is 56.1. The van der Waals surface area contributed by atoms with E-state index < -0.39 is 78.2 Å². The van der Waals surface area contributed by atoms with Crippen LogP contribution >= 0.6 is 0 Å². The fourth-order valence-corrected chi connectivity index (χ4v) is 7.85. The number of rotatable bonds is 27. The van der Waals surface area contributed by atoms with E-state index in [2.05, 4.69) is 36.9 Å². The van der Waals surface area contributed by atoms with Crippen molar-refractivity contribution in [3.05, 3.63) is 180 Å². The minimum atomic E-state index is -4.66. The molecule has 20 heteroatoms. The SMILES string of the molecule is CC(C)(C)OC(=O)N[C@H](COCc1ccccc1)C(=O)N[C@@H](CC(=O)N(CCNCC(=O)c1ccccc1)CCNCC(=O)c1ccccc1)C(=O)N[C@@H](Cc1ccc(C(F)(F)F)cc1)C(=O)Nc1cnc2ccccc2c1. The summed E-state index contributed by atoms with van der Waals surface area (Å²) in [5.41, 5.74) is 0.822. The zero-order valence-electron chi connectivity index (χ0n) is 43.4. The van der Waals surface area contributed by atoms with Gasteiger partial charge in [-0.25, -0.2) is 4.79 Å². The average molecular weight is 1070 g/mol. The standard InChI is InChI=1S/C58H63F3N8O9/c1-57(2,3)78-56(76)68-49(38-77-37-40-15-7-4-8-16-40)55(75)67-48(33-52(72)69(29-27-62-35-50(70)41-17-9-5-10-18-41)30-28-63-36-51(71)42-19-11-6-12-20-42)54(74)66-47(31-39-23-25-44(26-24-39)58(59,60)61)53(73)65-45-32-43-21-13-14-22-46(43)64-34-45/h4-26,32,34,47-49,62-63H,27-31,33,35-38H2,1-3H3,(H,65,73)(H,66,74)(H,67,75)(H,68,76)/t47-,48-,49+/m0/s1. The van der Waals surface area contributed by atoms with E-state index in [0.717, 1.165) is 17.7 Å². The van der Waals surface area contributed by atoms with E-state index in [4.69, 9.17) is 9.47 Å². The molecule has 6 N–H and O–H groups in total. The first-order valence-corrected chi connectivity index (χ1v) is 25.2. The number of anilines is 1. The quantitative estimate of drug-likeness (QED) is 0.0235. The van der Waals surface area contributed by atoms with Gasteiger partial charge in [-0.15, -0.1) is 0 Å². The lowest BCUT2D eigenvalue weighted by molar-refractivity contribution is -0.138. The van der Waals surface area contributed by atoms with E-state index in [1.165, 1.54) is 23.2 Å². The highest BCUT2D eigenvalue weighted by Gasteiger charge is 2.34. The number of alkyl halides is 3. The van der Waals surface area contributed by atoms with Crippen molar-refractivity contribution in [1.29, 1.82) is 0 Å². The number of amides is 5. The van der Waals surface area contributed by atoms with E-state index in [1.54, 1.807) is 136 Å². The first-order valence-electron chi connectivity index (χ1n) is 25.2. The molecule has 1 heterocycles. The second-order valence-corrected chi connectivity index (χ2v) is 19.1. The Morgan fingerprint density at radius 1 is 0.603 bits per heavy atom. The summed E-state index contributed by atoms with van der Waals surface area (Å²) in [6.45, 7) is 4.42. The van der Waals surface area contributed by atoms with Gasteiger partial charge in [-0.3, -0.25) is 33.8 Å². The van der Waals surface area contributed by atoms with Gasteiger partial charge in [-0.2, -0.15) is 13.2 Å². The molecule has 0 aliphatic heterocycles. The number of ketones is 2. The van der Waals surface area contributed by atoms with Crippen molar-refractivity contribution < 1.29 is 56.2 Å². The summed E-state index contributed by atoms with van der Waals surface area (Å²) in [5.74, 6) is -3.96. The second-order valence-electron chi connectivity index (χ2n) is 19.1. The van der Waals surface area contributed by atoms with E-state index in [0.29, 0.717) is 22.0 Å². The fraction of sp³-hybridized carbons (Fsp3) is 0.310. The van der Waals surface area contributed by atoms with Crippen LogP contribution in [0.3, 0.4) is 0 Å². The Labute approximate surface area is 450 Å². The molecule has 0 saturated carbocycles. The van der Waals surface area contributed by atoms with Crippen LogP contribution in [0.2, 0.25) is 0 Å². The number of nitrogens with one attached hydrogen (secondary N) is 6. The third kappa shape index (κ3) is 19.4. The highest BCUT2D eigenvalue weighted by atomic mass is 19.4. The molecule has 0 saturated heterocycles. The number of ether oxygens (including phenoxy) is 2. The van der Waals surface area contributed by atoms with Gasteiger partial charge in [0, 0.05) is 49.1 Å². The predicted molar refractivity (Wildman–Crippen MR) is 287 cm³/mol. The Kier molecular flexibility index (Phi) is 21.7. The molecule has 0 aliphatic carbocycles. The zero-order valence-corrected chi connectivity index (χ0v) is 43.4. The van der Waals surface area contributed by atoms with Gasteiger partial charge in [0.15, 0.2) is 11.6 Å². The molecule has 0 unspecified atom stereocenters. The first kappa shape index (κ1) is 58.9. The number of halogens is 3.